The third-order valence-corrected chi connectivity index (χ3v) is 3.25. The van der Waals surface area contributed by atoms with Crippen LogP contribution in [0, 0.1) is 0 Å². The van der Waals surface area contributed by atoms with Crippen molar-refractivity contribution in [1.82, 2.24) is 20.1 Å². The van der Waals surface area contributed by atoms with Gasteiger partial charge in [-0.2, -0.15) is 0 Å². The van der Waals surface area contributed by atoms with Gasteiger partial charge in [0.05, 0.1) is 13.7 Å². The minimum atomic E-state index is 0. The van der Waals surface area contributed by atoms with E-state index in [0.29, 0.717) is 30.6 Å². The molecule has 2 N–H and O–H groups in total. The Balaban J connectivity index is 0.00000312. The van der Waals surface area contributed by atoms with E-state index in [4.69, 9.17) is 9.47 Å². The first kappa shape index (κ1) is 21.0. The summed E-state index contributed by atoms with van der Waals surface area (Å²) in [5.74, 6) is 2.84. The average Bonchev–Trinajstić information content (AvgIpc) is 2.98. The number of hydrogen-bond acceptors (Lipinski definition) is 5. The summed E-state index contributed by atoms with van der Waals surface area (Å²) in [6.45, 7) is 5.70. The van der Waals surface area contributed by atoms with Gasteiger partial charge in [-0.25, -0.2) is 4.99 Å². The smallest absolute Gasteiger partial charge is 0.196 e. The number of anilines is 1. The number of nitrogens with zero attached hydrogens (tertiary/aromatic N) is 4. The topological polar surface area (TPSA) is 85.6 Å². The number of rotatable bonds is 7. The Morgan fingerprint density at radius 3 is 2.68 bits per heavy atom. The molecule has 1 aromatic carbocycles. The monoisotopic (exact) mass is 460 g/mol. The average molecular weight is 460 g/mol. The van der Waals surface area contributed by atoms with Crippen LogP contribution in [0.25, 0.3) is 0 Å². The van der Waals surface area contributed by atoms with E-state index in [-0.39, 0.29) is 24.0 Å². The minimum Gasteiger partial charge on any atom is -0.493 e. The first-order valence-electron chi connectivity index (χ1n) is 7.87. The van der Waals surface area contributed by atoms with Gasteiger partial charge in [-0.05, 0) is 26.0 Å². The summed E-state index contributed by atoms with van der Waals surface area (Å²) in [4.78, 5) is 4.53. The maximum Gasteiger partial charge on any atom is 0.196 e. The molecule has 0 saturated heterocycles. The maximum absolute atomic E-state index is 5.60. The van der Waals surface area contributed by atoms with E-state index in [1.165, 1.54) is 0 Å². The first-order chi connectivity index (χ1) is 11.7. The summed E-state index contributed by atoms with van der Waals surface area (Å²) in [5, 5.41) is 14.3. The van der Waals surface area contributed by atoms with Crippen LogP contribution in [0.3, 0.4) is 0 Å². The molecule has 0 aliphatic rings. The summed E-state index contributed by atoms with van der Waals surface area (Å²) in [7, 11) is 3.51. The molecule has 1 heterocycles. The molecule has 0 radical (unpaired) electrons. The number of halogens is 1. The van der Waals surface area contributed by atoms with E-state index in [1.807, 2.05) is 43.7 Å². The van der Waals surface area contributed by atoms with Crippen LogP contribution in [-0.2, 0) is 13.6 Å². The Bertz CT molecular complexity index is 689. The van der Waals surface area contributed by atoms with E-state index < -0.39 is 0 Å². The van der Waals surface area contributed by atoms with E-state index in [0.717, 1.165) is 18.1 Å². The molecule has 9 heteroatoms. The number of hydrogen-bond donors (Lipinski definition) is 2. The predicted octanol–water partition coefficient (Wildman–Crippen LogP) is 2.42. The third-order valence-electron chi connectivity index (χ3n) is 3.25. The molecule has 138 valence electrons. The summed E-state index contributed by atoms with van der Waals surface area (Å²) >= 11 is 0. The maximum atomic E-state index is 5.60. The van der Waals surface area contributed by atoms with E-state index in [1.54, 1.807) is 13.4 Å². The molecule has 25 heavy (non-hydrogen) atoms. The van der Waals surface area contributed by atoms with Gasteiger partial charge in [-0.3, -0.25) is 0 Å². The highest BCUT2D eigenvalue weighted by Crippen LogP contribution is 2.30. The van der Waals surface area contributed by atoms with Crippen molar-refractivity contribution in [2.75, 3.05) is 25.6 Å². The largest absolute Gasteiger partial charge is 0.493 e. The Morgan fingerprint density at radius 1 is 1.28 bits per heavy atom. The highest BCUT2D eigenvalue weighted by atomic mass is 127. The van der Waals surface area contributed by atoms with Crippen molar-refractivity contribution in [2.24, 2.45) is 12.0 Å². The lowest BCUT2D eigenvalue weighted by Gasteiger charge is -2.14. The second kappa shape index (κ2) is 10.7. The number of benzene rings is 1. The van der Waals surface area contributed by atoms with Gasteiger partial charge in [0.25, 0.3) is 0 Å². The molecule has 2 aromatic rings. The summed E-state index contributed by atoms with van der Waals surface area (Å²) < 4.78 is 12.7. The number of aryl methyl sites for hydroxylation is 1. The van der Waals surface area contributed by atoms with Crippen LogP contribution in [-0.4, -0.2) is 41.0 Å². The molecule has 0 amide bonds. The molecule has 0 unspecified atom stereocenters. The second-order valence-electron chi connectivity index (χ2n) is 4.98. The fraction of sp³-hybridized carbons (Fsp3) is 0.438. The zero-order valence-electron chi connectivity index (χ0n) is 14.9. The number of aromatic nitrogens is 3. The molecule has 0 spiro atoms. The Kier molecular flexibility index (Phi) is 9.03. The van der Waals surface area contributed by atoms with Crippen LogP contribution in [0.2, 0.25) is 0 Å². The van der Waals surface area contributed by atoms with Gasteiger partial charge in [-0.15, -0.1) is 34.2 Å². The van der Waals surface area contributed by atoms with Gasteiger partial charge >= 0.3 is 0 Å². The van der Waals surface area contributed by atoms with Gasteiger partial charge in [0, 0.05) is 25.3 Å². The Labute approximate surface area is 165 Å². The van der Waals surface area contributed by atoms with Crippen molar-refractivity contribution in [3.63, 3.8) is 0 Å². The van der Waals surface area contributed by atoms with E-state index in [9.17, 15) is 0 Å². The Hall–Kier alpha value is -2.04. The van der Waals surface area contributed by atoms with Crippen LogP contribution in [0.1, 0.15) is 19.7 Å². The van der Waals surface area contributed by atoms with Gasteiger partial charge in [0.15, 0.2) is 23.3 Å². The lowest BCUT2D eigenvalue weighted by molar-refractivity contribution is 0.311. The zero-order chi connectivity index (χ0) is 17.4. The lowest BCUT2D eigenvalue weighted by Crippen LogP contribution is -2.30. The van der Waals surface area contributed by atoms with Crippen LogP contribution in [0.4, 0.5) is 5.69 Å². The molecule has 0 aliphatic carbocycles. The van der Waals surface area contributed by atoms with Gasteiger partial charge in [0.2, 0.25) is 0 Å². The minimum absolute atomic E-state index is 0. The van der Waals surface area contributed by atoms with Crippen LogP contribution in [0.15, 0.2) is 29.5 Å². The number of aliphatic imine (C=N–C) groups is 1. The van der Waals surface area contributed by atoms with Crippen molar-refractivity contribution in [3.8, 4) is 11.5 Å². The van der Waals surface area contributed by atoms with Crippen molar-refractivity contribution >= 4 is 35.6 Å². The first-order valence-corrected chi connectivity index (χ1v) is 7.87. The summed E-state index contributed by atoms with van der Waals surface area (Å²) in [6.07, 6.45) is 1.66. The molecule has 0 fully saturated rings. The summed E-state index contributed by atoms with van der Waals surface area (Å²) in [6, 6.07) is 5.66. The fourth-order valence-electron chi connectivity index (χ4n) is 2.07. The molecular weight excluding hydrogens is 435 g/mol. The molecule has 2 rings (SSSR count). The van der Waals surface area contributed by atoms with E-state index >= 15 is 0 Å². The highest BCUT2D eigenvalue weighted by molar-refractivity contribution is 14.0. The molecule has 0 bridgehead atoms. The van der Waals surface area contributed by atoms with Crippen LogP contribution >= 0.6 is 24.0 Å². The van der Waals surface area contributed by atoms with Gasteiger partial charge in [-0.1, -0.05) is 0 Å². The number of nitrogens with one attached hydrogen (secondary N) is 2. The second-order valence-corrected chi connectivity index (χ2v) is 4.98. The SMILES string of the molecule is CCNC(=NCc1nncn1C)Nc1ccc(OC)c(OCC)c1.I. The molecule has 0 aliphatic heterocycles. The fourth-order valence-corrected chi connectivity index (χ4v) is 2.07. The lowest BCUT2D eigenvalue weighted by atomic mass is 10.2. The molecule has 8 nitrogen and oxygen atoms in total. The number of ether oxygens (including phenoxy) is 2. The van der Waals surface area contributed by atoms with Crippen molar-refractivity contribution in [3.05, 3.63) is 30.4 Å². The molecule has 1 aromatic heterocycles. The quantitative estimate of drug-likeness (QED) is 0.375. The summed E-state index contributed by atoms with van der Waals surface area (Å²) in [5.41, 5.74) is 0.858. The van der Waals surface area contributed by atoms with Crippen LogP contribution in [0.5, 0.6) is 11.5 Å². The van der Waals surface area contributed by atoms with Gasteiger partial charge in [0.1, 0.15) is 12.9 Å². The van der Waals surface area contributed by atoms with Crippen LogP contribution < -0.4 is 20.1 Å². The van der Waals surface area contributed by atoms with Crippen molar-refractivity contribution in [1.29, 1.82) is 0 Å². The Morgan fingerprint density at radius 2 is 2.08 bits per heavy atom. The van der Waals surface area contributed by atoms with E-state index in [2.05, 4.69) is 25.8 Å². The highest BCUT2D eigenvalue weighted by Gasteiger charge is 2.07. The normalized spacial score (nSPS) is 10.8. The van der Waals surface area contributed by atoms with Gasteiger partial charge < -0.3 is 24.7 Å². The van der Waals surface area contributed by atoms with Crippen molar-refractivity contribution < 1.29 is 9.47 Å². The molecular formula is C16H25IN6O2. The van der Waals surface area contributed by atoms with Crippen molar-refractivity contribution in [2.45, 2.75) is 20.4 Å². The standard InChI is InChI=1S/C16H24N6O2.HI/c1-5-17-16(18-10-15-21-19-11-22(15)3)20-12-7-8-13(23-4)14(9-12)24-6-2;/h7-9,11H,5-6,10H2,1-4H3,(H2,17,18,20);1H. The number of guanidine groups is 1. The number of methoxy groups -OCH3 is 1. The third kappa shape index (κ3) is 6.07. The zero-order valence-corrected chi connectivity index (χ0v) is 17.3. The molecule has 0 saturated carbocycles. The predicted molar refractivity (Wildman–Crippen MR) is 109 cm³/mol. The molecule has 0 atom stereocenters.